The maximum absolute atomic E-state index is 13.9. The number of carbonyl (C=O) groups is 1. The minimum absolute atomic E-state index is 0.00846. The molecule has 0 aliphatic heterocycles. The fourth-order valence-corrected chi connectivity index (χ4v) is 3.87. The first kappa shape index (κ1) is 23.0. The molecule has 0 radical (unpaired) electrons. The number of anilines is 1. The highest BCUT2D eigenvalue weighted by molar-refractivity contribution is 6.05. The number of nitrogens with one attached hydrogen (secondary N) is 1. The van der Waals surface area contributed by atoms with Gasteiger partial charge in [-0.1, -0.05) is 24.3 Å². The van der Waals surface area contributed by atoms with Gasteiger partial charge in [0.1, 0.15) is 17.6 Å². The van der Waals surface area contributed by atoms with Gasteiger partial charge in [-0.15, -0.1) is 0 Å². The summed E-state index contributed by atoms with van der Waals surface area (Å²) in [4.78, 5) is 18.9. The zero-order chi connectivity index (χ0) is 24.2. The van der Waals surface area contributed by atoms with Crippen LogP contribution < -0.4 is 10.2 Å². The van der Waals surface area contributed by atoms with E-state index in [2.05, 4.69) is 10.3 Å². The number of rotatable bonds is 7. The molecule has 8 heteroatoms. The number of amides is 1. The summed E-state index contributed by atoms with van der Waals surface area (Å²) in [7, 11) is 1.71. The van der Waals surface area contributed by atoms with Crippen LogP contribution >= 0.6 is 0 Å². The highest BCUT2D eigenvalue weighted by atomic mass is 19.1. The molecule has 4 aromatic rings. The minimum Gasteiger partial charge on any atom is -0.508 e. The van der Waals surface area contributed by atoms with Gasteiger partial charge in [0, 0.05) is 31.7 Å². The molecular formula is C26H24FN5O2. The number of hydrogen-bond donors (Lipinski definition) is 2. The second-order valence-electron chi connectivity index (χ2n) is 8.12. The van der Waals surface area contributed by atoms with Crippen LogP contribution in [0.2, 0.25) is 0 Å². The SMILES string of the molecule is CC(NCc1cncn1Cc1ccc(C#N)c(F)c1)C(=O)N(C)c1cccc2ccc(O)cc12. The Morgan fingerprint density at radius 1 is 1.26 bits per heavy atom. The average molecular weight is 458 g/mol. The zero-order valence-electron chi connectivity index (χ0n) is 18.9. The number of aromatic nitrogens is 2. The monoisotopic (exact) mass is 457 g/mol. The summed E-state index contributed by atoms with van der Waals surface area (Å²) in [6.45, 7) is 2.56. The topological polar surface area (TPSA) is 94.2 Å². The Morgan fingerprint density at radius 3 is 2.85 bits per heavy atom. The molecular weight excluding hydrogens is 433 g/mol. The van der Waals surface area contributed by atoms with E-state index in [0.29, 0.717) is 24.3 Å². The van der Waals surface area contributed by atoms with Gasteiger partial charge in [-0.05, 0) is 48.2 Å². The lowest BCUT2D eigenvalue weighted by atomic mass is 10.1. The van der Waals surface area contributed by atoms with E-state index in [-0.39, 0.29) is 17.2 Å². The van der Waals surface area contributed by atoms with Crippen molar-refractivity contribution in [2.24, 2.45) is 0 Å². The number of nitrogens with zero attached hydrogens (tertiary/aromatic N) is 4. The zero-order valence-corrected chi connectivity index (χ0v) is 18.9. The third-order valence-electron chi connectivity index (χ3n) is 5.80. The van der Waals surface area contributed by atoms with E-state index in [9.17, 15) is 14.3 Å². The van der Waals surface area contributed by atoms with Crippen molar-refractivity contribution in [1.29, 1.82) is 5.26 Å². The number of carbonyl (C=O) groups excluding carboxylic acids is 1. The Bertz CT molecular complexity index is 1390. The lowest BCUT2D eigenvalue weighted by molar-refractivity contribution is -0.119. The molecule has 0 saturated heterocycles. The third kappa shape index (κ3) is 4.75. The van der Waals surface area contributed by atoms with Crippen LogP contribution in [0.25, 0.3) is 10.8 Å². The largest absolute Gasteiger partial charge is 0.508 e. The van der Waals surface area contributed by atoms with Crippen LogP contribution in [0.5, 0.6) is 5.75 Å². The normalized spacial score (nSPS) is 11.8. The molecule has 0 spiro atoms. The first-order valence-corrected chi connectivity index (χ1v) is 10.8. The lowest BCUT2D eigenvalue weighted by Gasteiger charge is -2.24. The van der Waals surface area contributed by atoms with Crippen LogP contribution in [-0.4, -0.2) is 33.7 Å². The molecule has 1 unspecified atom stereocenters. The number of hydrogen-bond acceptors (Lipinski definition) is 5. The van der Waals surface area contributed by atoms with Gasteiger partial charge in [0.05, 0.1) is 29.3 Å². The van der Waals surface area contributed by atoms with Gasteiger partial charge in [0.25, 0.3) is 0 Å². The minimum atomic E-state index is -0.552. The van der Waals surface area contributed by atoms with Crippen LogP contribution in [0.3, 0.4) is 0 Å². The Hall–Kier alpha value is -4.22. The van der Waals surface area contributed by atoms with Crippen molar-refractivity contribution in [1.82, 2.24) is 14.9 Å². The standard InChI is InChI=1S/C26H24FN5O2/c1-17(26(34)31(2)25-5-3-4-19-8-9-22(33)11-23(19)25)30-14-21-13-29-16-32(21)15-18-6-7-20(12-28)24(27)10-18/h3-11,13,16-17,30,33H,14-15H2,1-2H3. The summed E-state index contributed by atoms with van der Waals surface area (Å²) in [5, 5.41) is 23.7. The Kier molecular flexibility index (Phi) is 6.57. The average Bonchev–Trinajstić information content (AvgIpc) is 3.28. The highest BCUT2D eigenvalue weighted by Gasteiger charge is 2.20. The van der Waals surface area contributed by atoms with Gasteiger partial charge in [0.2, 0.25) is 5.91 Å². The summed E-state index contributed by atoms with van der Waals surface area (Å²) in [5.74, 6) is -0.540. The number of nitriles is 1. The van der Waals surface area contributed by atoms with Crippen LogP contribution in [0.1, 0.15) is 23.7 Å². The van der Waals surface area contributed by atoms with Gasteiger partial charge in [-0.3, -0.25) is 4.79 Å². The van der Waals surface area contributed by atoms with E-state index in [4.69, 9.17) is 5.26 Å². The molecule has 172 valence electrons. The molecule has 7 nitrogen and oxygen atoms in total. The van der Waals surface area contributed by atoms with Crippen LogP contribution in [0.15, 0.2) is 67.1 Å². The molecule has 1 amide bonds. The number of phenols is 1. The van der Waals surface area contributed by atoms with Crippen LogP contribution in [0, 0.1) is 17.1 Å². The molecule has 0 bridgehead atoms. The van der Waals surface area contributed by atoms with Gasteiger partial charge in [0.15, 0.2) is 0 Å². The fraction of sp³-hybridized carbons (Fsp3) is 0.192. The van der Waals surface area contributed by atoms with Crippen molar-refractivity contribution in [2.45, 2.75) is 26.1 Å². The van der Waals surface area contributed by atoms with Crippen molar-refractivity contribution in [2.75, 3.05) is 11.9 Å². The number of aromatic hydroxyl groups is 1. The second kappa shape index (κ2) is 9.73. The predicted octanol–water partition coefficient (Wildman–Crippen LogP) is 3.94. The van der Waals surface area contributed by atoms with E-state index in [1.54, 1.807) is 49.6 Å². The second-order valence-corrected chi connectivity index (χ2v) is 8.12. The summed E-state index contributed by atoms with van der Waals surface area (Å²) in [5.41, 5.74) is 2.26. The Morgan fingerprint density at radius 2 is 2.09 bits per heavy atom. The molecule has 4 rings (SSSR count). The summed E-state index contributed by atoms with van der Waals surface area (Å²) < 4.78 is 15.8. The van der Waals surface area contributed by atoms with E-state index in [1.165, 1.54) is 12.1 Å². The van der Waals surface area contributed by atoms with Crippen LogP contribution in [-0.2, 0) is 17.9 Å². The smallest absolute Gasteiger partial charge is 0.243 e. The molecule has 0 aliphatic rings. The molecule has 2 N–H and O–H groups in total. The molecule has 1 aromatic heterocycles. The van der Waals surface area contributed by atoms with Crippen LogP contribution in [0.4, 0.5) is 10.1 Å². The highest BCUT2D eigenvalue weighted by Crippen LogP contribution is 2.29. The summed E-state index contributed by atoms with van der Waals surface area (Å²) in [6, 6.07) is 16.6. The van der Waals surface area contributed by atoms with Crippen molar-refractivity contribution < 1.29 is 14.3 Å². The fourth-order valence-electron chi connectivity index (χ4n) is 3.87. The molecule has 0 saturated carbocycles. The maximum Gasteiger partial charge on any atom is 0.243 e. The number of likely N-dealkylation sites (N-methyl/N-ethyl adjacent to an activating group) is 1. The molecule has 1 atom stereocenters. The maximum atomic E-state index is 13.9. The van der Waals surface area contributed by atoms with E-state index in [0.717, 1.165) is 16.5 Å². The van der Waals surface area contributed by atoms with Crippen molar-refractivity contribution in [3.63, 3.8) is 0 Å². The molecule has 0 aliphatic carbocycles. The molecule has 34 heavy (non-hydrogen) atoms. The Balaban J connectivity index is 1.44. The molecule has 0 fully saturated rings. The van der Waals surface area contributed by atoms with E-state index < -0.39 is 11.9 Å². The van der Waals surface area contributed by atoms with Gasteiger partial charge < -0.3 is 19.9 Å². The predicted molar refractivity (Wildman–Crippen MR) is 128 cm³/mol. The number of imidazole rings is 1. The first-order chi connectivity index (χ1) is 16.4. The number of benzene rings is 3. The quantitative estimate of drug-likeness (QED) is 0.438. The number of halogens is 1. The third-order valence-corrected chi connectivity index (χ3v) is 5.80. The Labute approximate surface area is 196 Å². The van der Waals surface area contributed by atoms with Gasteiger partial charge in [-0.2, -0.15) is 5.26 Å². The van der Waals surface area contributed by atoms with E-state index >= 15 is 0 Å². The molecule has 1 heterocycles. The van der Waals surface area contributed by atoms with Crippen molar-refractivity contribution in [3.05, 3.63) is 89.8 Å². The van der Waals surface area contributed by atoms with E-state index in [1.807, 2.05) is 34.9 Å². The summed E-state index contributed by atoms with van der Waals surface area (Å²) in [6.07, 6.45) is 3.34. The lowest BCUT2D eigenvalue weighted by Crippen LogP contribution is -2.43. The van der Waals surface area contributed by atoms with Gasteiger partial charge >= 0.3 is 0 Å². The molecule has 3 aromatic carbocycles. The number of fused-ring (bicyclic) bond motifs is 1. The first-order valence-electron chi connectivity index (χ1n) is 10.8. The van der Waals surface area contributed by atoms with Crippen molar-refractivity contribution in [3.8, 4) is 11.8 Å². The summed E-state index contributed by atoms with van der Waals surface area (Å²) >= 11 is 0. The van der Waals surface area contributed by atoms with Gasteiger partial charge in [-0.25, -0.2) is 9.37 Å². The van der Waals surface area contributed by atoms with Crippen molar-refractivity contribution >= 4 is 22.4 Å². The number of phenolic OH excluding ortho intramolecular Hbond substituents is 1.